The monoisotopic (exact) mass is 422 g/mol. The number of hydrogen-bond donors (Lipinski definition) is 2. The van der Waals surface area contributed by atoms with E-state index >= 15 is 0 Å². The molecule has 0 aliphatic carbocycles. The van der Waals surface area contributed by atoms with E-state index in [1.807, 2.05) is 39.0 Å². The zero-order chi connectivity index (χ0) is 22.5. The van der Waals surface area contributed by atoms with Gasteiger partial charge in [0.25, 0.3) is 17.4 Å². The van der Waals surface area contributed by atoms with Crippen LogP contribution in [-0.2, 0) is 11.3 Å². The average Bonchev–Trinajstić information content (AvgIpc) is 2.76. The largest absolute Gasteiger partial charge is 0.483 e. The molecule has 0 saturated heterocycles. The molecule has 0 atom stereocenters. The Balaban J connectivity index is 1.69. The van der Waals surface area contributed by atoms with Crippen molar-refractivity contribution in [1.29, 1.82) is 0 Å². The summed E-state index contributed by atoms with van der Waals surface area (Å²) < 4.78 is 6.89. The van der Waals surface area contributed by atoms with Gasteiger partial charge in [0.2, 0.25) is 0 Å². The van der Waals surface area contributed by atoms with Gasteiger partial charge in [-0.1, -0.05) is 44.2 Å². The molecular weight excluding hydrogens is 396 g/mol. The SMILES string of the molecule is CCn1nc(C(=O)NNC(=O)COc2cc(C)ccc2C(C)C)c2ccccc2c1=O. The smallest absolute Gasteiger partial charge is 0.290 e. The lowest BCUT2D eigenvalue weighted by Gasteiger charge is -2.15. The lowest BCUT2D eigenvalue weighted by Crippen LogP contribution is -2.44. The number of aromatic nitrogens is 2. The van der Waals surface area contributed by atoms with Crippen molar-refractivity contribution in [2.45, 2.75) is 40.2 Å². The summed E-state index contributed by atoms with van der Waals surface area (Å²) >= 11 is 0. The van der Waals surface area contributed by atoms with E-state index in [1.165, 1.54) is 4.68 Å². The third-order valence-corrected chi connectivity index (χ3v) is 4.85. The number of nitrogens with one attached hydrogen (secondary N) is 2. The molecule has 0 radical (unpaired) electrons. The lowest BCUT2D eigenvalue weighted by atomic mass is 10.0. The van der Waals surface area contributed by atoms with Crippen molar-refractivity contribution in [2.75, 3.05) is 6.61 Å². The van der Waals surface area contributed by atoms with Crippen LogP contribution in [0.2, 0.25) is 0 Å². The maximum absolute atomic E-state index is 12.7. The van der Waals surface area contributed by atoms with Crippen molar-refractivity contribution in [1.82, 2.24) is 20.6 Å². The Morgan fingerprint density at radius 3 is 2.48 bits per heavy atom. The zero-order valence-electron chi connectivity index (χ0n) is 18.1. The first kappa shape index (κ1) is 22.0. The quantitative estimate of drug-likeness (QED) is 0.595. The van der Waals surface area contributed by atoms with Gasteiger partial charge in [-0.15, -0.1) is 0 Å². The fourth-order valence-corrected chi connectivity index (χ4v) is 3.23. The first-order chi connectivity index (χ1) is 14.8. The van der Waals surface area contributed by atoms with Gasteiger partial charge in [0.1, 0.15) is 5.75 Å². The molecule has 2 aromatic carbocycles. The Morgan fingerprint density at radius 1 is 1.10 bits per heavy atom. The molecule has 162 valence electrons. The standard InChI is InChI=1S/C23H26N4O4/c1-5-27-23(30)18-9-7-6-8-17(18)21(26-27)22(29)25-24-20(28)13-31-19-12-15(4)10-11-16(19)14(2)3/h6-12,14H,5,13H2,1-4H3,(H,24,28)(H,25,29). The lowest BCUT2D eigenvalue weighted by molar-refractivity contribution is -0.123. The summed E-state index contributed by atoms with van der Waals surface area (Å²) in [7, 11) is 0. The Morgan fingerprint density at radius 2 is 1.81 bits per heavy atom. The number of rotatable bonds is 6. The number of hydrogen-bond acceptors (Lipinski definition) is 5. The van der Waals surface area contributed by atoms with E-state index in [4.69, 9.17) is 4.74 Å². The van der Waals surface area contributed by atoms with Gasteiger partial charge in [-0.2, -0.15) is 5.10 Å². The van der Waals surface area contributed by atoms with Gasteiger partial charge in [0.05, 0.1) is 5.39 Å². The predicted octanol–water partition coefficient (Wildman–Crippen LogP) is 2.69. The summed E-state index contributed by atoms with van der Waals surface area (Å²) in [6.45, 7) is 7.87. The average molecular weight is 422 g/mol. The van der Waals surface area contributed by atoms with Gasteiger partial charge in [0.15, 0.2) is 12.3 Å². The zero-order valence-corrected chi connectivity index (χ0v) is 18.1. The molecule has 31 heavy (non-hydrogen) atoms. The second kappa shape index (κ2) is 9.42. The summed E-state index contributed by atoms with van der Waals surface area (Å²) in [5.41, 5.74) is 6.50. The van der Waals surface area contributed by atoms with Gasteiger partial charge >= 0.3 is 0 Å². The van der Waals surface area contributed by atoms with Crippen LogP contribution in [0.15, 0.2) is 47.3 Å². The van der Waals surface area contributed by atoms with Crippen LogP contribution in [0.25, 0.3) is 10.8 Å². The number of benzene rings is 2. The fourth-order valence-electron chi connectivity index (χ4n) is 3.23. The van der Waals surface area contributed by atoms with E-state index in [2.05, 4.69) is 16.0 Å². The summed E-state index contributed by atoms with van der Waals surface area (Å²) in [6, 6.07) is 12.6. The minimum atomic E-state index is -0.620. The van der Waals surface area contributed by atoms with E-state index in [0.717, 1.165) is 11.1 Å². The van der Waals surface area contributed by atoms with Crippen molar-refractivity contribution in [3.05, 3.63) is 69.6 Å². The number of aryl methyl sites for hydroxylation is 2. The summed E-state index contributed by atoms with van der Waals surface area (Å²) in [4.78, 5) is 37.3. The van der Waals surface area contributed by atoms with Crippen LogP contribution in [0, 0.1) is 6.92 Å². The van der Waals surface area contributed by atoms with Crippen LogP contribution in [0.1, 0.15) is 48.3 Å². The molecule has 3 aromatic rings. The highest BCUT2D eigenvalue weighted by molar-refractivity contribution is 6.05. The third kappa shape index (κ3) is 4.91. The summed E-state index contributed by atoms with van der Waals surface area (Å²) in [5.74, 6) is -0.256. The van der Waals surface area contributed by atoms with Crippen molar-refractivity contribution >= 4 is 22.6 Å². The molecule has 3 rings (SSSR count). The van der Waals surface area contributed by atoms with Crippen molar-refractivity contribution in [3.8, 4) is 5.75 Å². The Kier molecular flexibility index (Phi) is 6.69. The van der Waals surface area contributed by atoms with Crippen molar-refractivity contribution in [2.24, 2.45) is 0 Å². The number of fused-ring (bicyclic) bond motifs is 1. The van der Waals surface area contributed by atoms with E-state index in [-0.39, 0.29) is 23.8 Å². The van der Waals surface area contributed by atoms with Crippen LogP contribution < -0.4 is 21.1 Å². The maximum atomic E-state index is 12.7. The van der Waals surface area contributed by atoms with Crippen molar-refractivity contribution < 1.29 is 14.3 Å². The number of nitrogens with zero attached hydrogens (tertiary/aromatic N) is 2. The number of amides is 2. The van der Waals surface area contributed by atoms with Gasteiger partial charge in [-0.25, -0.2) is 4.68 Å². The molecule has 0 bridgehead atoms. The van der Waals surface area contributed by atoms with Crippen LogP contribution >= 0.6 is 0 Å². The first-order valence-electron chi connectivity index (χ1n) is 10.1. The fraction of sp³-hybridized carbons (Fsp3) is 0.304. The van der Waals surface area contributed by atoms with Gasteiger partial charge in [-0.3, -0.25) is 25.2 Å². The Bertz CT molecular complexity index is 1180. The molecule has 2 N–H and O–H groups in total. The molecule has 0 aliphatic rings. The van der Waals surface area contributed by atoms with E-state index < -0.39 is 11.8 Å². The summed E-state index contributed by atoms with van der Waals surface area (Å²) in [5, 5.41) is 4.95. The number of carbonyl (C=O) groups is 2. The topological polar surface area (TPSA) is 102 Å². The Labute approximate surface area is 180 Å². The highest BCUT2D eigenvalue weighted by Gasteiger charge is 2.17. The van der Waals surface area contributed by atoms with Gasteiger partial charge < -0.3 is 4.74 Å². The molecular formula is C23H26N4O4. The second-order valence-electron chi connectivity index (χ2n) is 7.50. The number of ether oxygens (including phenoxy) is 1. The minimum absolute atomic E-state index is 0.0547. The maximum Gasteiger partial charge on any atom is 0.290 e. The molecule has 8 nitrogen and oxygen atoms in total. The molecule has 0 fully saturated rings. The molecule has 1 heterocycles. The molecule has 0 spiro atoms. The molecule has 0 aliphatic heterocycles. The van der Waals surface area contributed by atoms with Crippen molar-refractivity contribution in [3.63, 3.8) is 0 Å². The van der Waals surface area contributed by atoms with Crippen LogP contribution in [0.3, 0.4) is 0 Å². The van der Waals surface area contributed by atoms with Crippen LogP contribution in [-0.4, -0.2) is 28.2 Å². The van der Waals surface area contributed by atoms with E-state index in [9.17, 15) is 14.4 Å². The normalized spacial score (nSPS) is 10.9. The summed E-state index contributed by atoms with van der Waals surface area (Å²) in [6.07, 6.45) is 0. The van der Waals surface area contributed by atoms with Crippen LogP contribution in [0.5, 0.6) is 5.75 Å². The van der Waals surface area contributed by atoms with Crippen LogP contribution in [0.4, 0.5) is 0 Å². The molecule has 1 aromatic heterocycles. The van der Waals surface area contributed by atoms with E-state index in [1.54, 1.807) is 31.2 Å². The van der Waals surface area contributed by atoms with E-state index in [0.29, 0.717) is 23.1 Å². The highest BCUT2D eigenvalue weighted by atomic mass is 16.5. The number of hydrazine groups is 1. The molecule has 0 saturated carbocycles. The molecule has 2 amide bonds. The first-order valence-corrected chi connectivity index (χ1v) is 10.1. The van der Waals surface area contributed by atoms with Gasteiger partial charge in [-0.05, 0) is 43.0 Å². The Hall–Kier alpha value is -3.68. The molecule has 8 heteroatoms. The second-order valence-corrected chi connectivity index (χ2v) is 7.50. The van der Waals surface area contributed by atoms with Gasteiger partial charge in [0, 0.05) is 11.9 Å². The number of carbonyl (C=O) groups excluding carboxylic acids is 2. The molecule has 0 unspecified atom stereocenters. The predicted molar refractivity (Wildman–Crippen MR) is 118 cm³/mol. The third-order valence-electron chi connectivity index (χ3n) is 4.85. The highest BCUT2D eigenvalue weighted by Crippen LogP contribution is 2.27. The minimum Gasteiger partial charge on any atom is -0.483 e.